The van der Waals surface area contributed by atoms with Crippen molar-refractivity contribution in [3.63, 3.8) is 0 Å². The SMILES string of the molecule is CCCC(N)CCN(CC)CC1CCC1. The summed E-state index contributed by atoms with van der Waals surface area (Å²) in [5.74, 6) is 0.993. The minimum Gasteiger partial charge on any atom is -0.328 e. The maximum absolute atomic E-state index is 6.04. The molecule has 0 aliphatic heterocycles. The Hall–Kier alpha value is -0.0800. The Morgan fingerprint density at radius 1 is 1.27 bits per heavy atom. The zero-order valence-electron chi connectivity index (χ0n) is 10.5. The average Bonchev–Trinajstić information content (AvgIpc) is 2.16. The smallest absolute Gasteiger partial charge is 0.00509 e. The van der Waals surface area contributed by atoms with Gasteiger partial charge in [0.25, 0.3) is 0 Å². The van der Waals surface area contributed by atoms with E-state index in [4.69, 9.17) is 5.73 Å². The fourth-order valence-corrected chi connectivity index (χ4v) is 2.28. The van der Waals surface area contributed by atoms with Gasteiger partial charge in [0.1, 0.15) is 0 Å². The summed E-state index contributed by atoms with van der Waals surface area (Å²) in [5.41, 5.74) is 6.04. The van der Waals surface area contributed by atoms with Gasteiger partial charge in [-0.1, -0.05) is 26.7 Å². The summed E-state index contributed by atoms with van der Waals surface area (Å²) < 4.78 is 0. The fourth-order valence-electron chi connectivity index (χ4n) is 2.28. The molecule has 0 saturated heterocycles. The Morgan fingerprint density at radius 2 is 2.00 bits per heavy atom. The molecular weight excluding hydrogens is 184 g/mol. The summed E-state index contributed by atoms with van der Waals surface area (Å²) in [6.45, 7) is 8.19. The minimum absolute atomic E-state index is 0.422. The molecule has 0 heterocycles. The van der Waals surface area contributed by atoms with Crippen LogP contribution in [0, 0.1) is 5.92 Å². The standard InChI is InChI=1S/C13H28N2/c1-3-6-13(14)9-10-15(4-2)11-12-7-5-8-12/h12-13H,3-11,14H2,1-2H3. The second-order valence-corrected chi connectivity index (χ2v) is 5.03. The molecule has 0 aromatic heterocycles. The van der Waals surface area contributed by atoms with Gasteiger partial charge in [0.2, 0.25) is 0 Å². The molecule has 0 spiro atoms. The predicted molar refractivity (Wildman–Crippen MR) is 67.0 cm³/mol. The summed E-state index contributed by atoms with van der Waals surface area (Å²) in [6.07, 6.45) is 7.94. The highest BCUT2D eigenvalue weighted by Gasteiger charge is 2.19. The molecule has 2 nitrogen and oxygen atoms in total. The van der Waals surface area contributed by atoms with Gasteiger partial charge in [-0.05, 0) is 44.7 Å². The van der Waals surface area contributed by atoms with Gasteiger partial charge in [-0.25, -0.2) is 0 Å². The molecule has 2 N–H and O–H groups in total. The van der Waals surface area contributed by atoms with Gasteiger partial charge in [-0.15, -0.1) is 0 Å². The molecule has 0 aromatic rings. The van der Waals surface area contributed by atoms with E-state index in [1.807, 2.05) is 0 Å². The highest BCUT2D eigenvalue weighted by Crippen LogP contribution is 2.27. The van der Waals surface area contributed by atoms with Crippen LogP contribution in [-0.4, -0.2) is 30.6 Å². The Morgan fingerprint density at radius 3 is 2.47 bits per heavy atom. The Kier molecular flexibility index (Phi) is 6.26. The van der Waals surface area contributed by atoms with Gasteiger partial charge in [-0.2, -0.15) is 0 Å². The van der Waals surface area contributed by atoms with Crippen molar-refractivity contribution in [2.75, 3.05) is 19.6 Å². The zero-order valence-corrected chi connectivity index (χ0v) is 10.5. The highest BCUT2D eigenvalue weighted by molar-refractivity contribution is 4.74. The number of hydrogen-bond donors (Lipinski definition) is 1. The number of rotatable bonds is 8. The second-order valence-electron chi connectivity index (χ2n) is 5.03. The normalized spacial score (nSPS) is 19.2. The van der Waals surface area contributed by atoms with Crippen LogP contribution in [0.1, 0.15) is 52.4 Å². The molecule has 0 aromatic carbocycles. The van der Waals surface area contributed by atoms with Crippen molar-refractivity contribution >= 4 is 0 Å². The quantitative estimate of drug-likeness (QED) is 0.670. The molecule has 1 saturated carbocycles. The fraction of sp³-hybridized carbons (Fsp3) is 1.00. The Labute approximate surface area is 95.2 Å². The summed E-state index contributed by atoms with van der Waals surface area (Å²) in [5, 5.41) is 0. The third-order valence-electron chi connectivity index (χ3n) is 3.66. The van der Waals surface area contributed by atoms with Crippen LogP contribution in [0.3, 0.4) is 0 Å². The molecule has 90 valence electrons. The number of nitrogens with zero attached hydrogens (tertiary/aromatic N) is 1. The van der Waals surface area contributed by atoms with Crippen LogP contribution in [-0.2, 0) is 0 Å². The van der Waals surface area contributed by atoms with Gasteiger partial charge in [0.15, 0.2) is 0 Å². The molecule has 15 heavy (non-hydrogen) atoms. The lowest BCUT2D eigenvalue weighted by molar-refractivity contribution is 0.179. The first-order valence-corrected chi connectivity index (χ1v) is 6.74. The predicted octanol–water partition coefficient (Wildman–Crippen LogP) is 2.63. The molecule has 1 aliphatic carbocycles. The Balaban J connectivity index is 2.09. The molecular formula is C13H28N2. The monoisotopic (exact) mass is 212 g/mol. The molecule has 1 rings (SSSR count). The average molecular weight is 212 g/mol. The molecule has 0 amide bonds. The van der Waals surface area contributed by atoms with Crippen molar-refractivity contribution in [2.24, 2.45) is 11.7 Å². The molecule has 1 fully saturated rings. The third kappa shape index (κ3) is 4.98. The number of nitrogens with two attached hydrogens (primary N) is 1. The van der Waals surface area contributed by atoms with E-state index in [-0.39, 0.29) is 0 Å². The summed E-state index contributed by atoms with van der Waals surface area (Å²) >= 11 is 0. The van der Waals surface area contributed by atoms with E-state index in [0.29, 0.717) is 6.04 Å². The van der Waals surface area contributed by atoms with Crippen LogP contribution in [0.25, 0.3) is 0 Å². The van der Waals surface area contributed by atoms with Gasteiger partial charge in [0, 0.05) is 12.6 Å². The number of hydrogen-bond acceptors (Lipinski definition) is 2. The lowest BCUT2D eigenvalue weighted by atomic mass is 9.85. The topological polar surface area (TPSA) is 29.3 Å². The van der Waals surface area contributed by atoms with Gasteiger partial charge in [0.05, 0.1) is 0 Å². The van der Waals surface area contributed by atoms with E-state index in [1.54, 1.807) is 0 Å². The molecule has 0 bridgehead atoms. The molecule has 2 heteroatoms. The third-order valence-corrected chi connectivity index (χ3v) is 3.66. The summed E-state index contributed by atoms with van der Waals surface area (Å²) in [4.78, 5) is 2.58. The van der Waals surface area contributed by atoms with Crippen molar-refractivity contribution in [1.29, 1.82) is 0 Å². The van der Waals surface area contributed by atoms with Crippen molar-refractivity contribution in [1.82, 2.24) is 4.90 Å². The lowest BCUT2D eigenvalue weighted by Gasteiger charge is -2.32. The van der Waals surface area contributed by atoms with Crippen LogP contribution < -0.4 is 5.73 Å². The lowest BCUT2D eigenvalue weighted by Crippen LogP contribution is -2.35. The van der Waals surface area contributed by atoms with E-state index in [1.165, 1.54) is 58.2 Å². The first-order valence-electron chi connectivity index (χ1n) is 6.74. The molecule has 1 unspecified atom stereocenters. The first kappa shape index (κ1) is 13.0. The zero-order chi connectivity index (χ0) is 11.1. The van der Waals surface area contributed by atoms with Crippen molar-refractivity contribution < 1.29 is 0 Å². The van der Waals surface area contributed by atoms with Crippen LogP contribution in [0.15, 0.2) is 0 Å². The van der Waals surface area contributed by atoms with Crippen LogP contribution in [0.4, 0.5) is 0 Å². The van der Waals surface area contributed by atoms with E-state index in [2.05, 4.69) is 18.7 Å². The van der Waals surface area contributed by atoms with E-state index < -0.39 is 0 Å². The van der Waals surface area contributed by atoms with Crippen LogP contribution in [0.2, 0.25) is 0 Å². The van der Waals surface area contributed by atoms with E-state index >= 15 is 0 Å². The second kappa shape index (κ2) is 7.24. The maximum Gasteiger partial charge on any atom is 0.00509 e. The Bertz CT molecular complexity index is 155. The van der Waals surface area contributed by atoms with Crippen LogP contribution >= 0.6 is 0 Å². The summed E-state index contributed by atoms with van der Waals surface area (Å²) in [7, 11) is 0. The van der Waals surface area contributed by atoms with Gasteiger partial charge < -0.3 is 10.6 Å². The van der Waals surface area contributed by atoms with E-state index in [0.717, 1.165) is 5.92 Å². The first-order chi connectivity index (χ1) is 7.26. The van der Waals surface area contributed by atoms with Gasteiger partial charge >= 0.3 is 0 Å². The van der Waals surface area contributed by atoms with Crippen molar-refractivity contribution in [3.8, 4) is 0 Å². The van der Waals surface area contributed by atoms with E-state index in [9.17, 15) is 0 Å². The van der Waals surface area contributed by atoms with Crippen LogP contribution in [0.5, 0.6) is 0 Å². The molecule has 1 aliphatic rings. The highest BCUT2D eigenvalue weighted by atomic mass is 15.1. The molecule has 0 radical (unpaired) electrons. The van der Waals surface area contributed by atoms with Crippen molar-refractivity contribution in [3.05, 3.63) is 0 Å². The van der Waals surface area contributed by atoms with Crippen molar-refractivity contribution in [2.45, 2.75) is 58.4 Å². The van der Waals surface area contributed by atoms with Gasteiger partial charge in [-0.3, -0.25) is 0 Å². The largest absolute Gasteiger partial charge is 0.328 e. The summed E-state index contributed by atoms with van der Waals surface area (Å²) in [6, 6.07) is 0.422. The molecule has 1 atom stereocenters. The maximum atomic E-state index is 6.04. The minimum atomic E-state index is 0.422.